The number of rotatable bonds is 4. The van der Waals surface area contributed by atoms with Crippen LogP contribution < -0.4 is 0 Å². The van der Waals surface area contributed by atoms with E-state index in [0.717, 1.165) is 11.1 Å². The Morgan fingerprint density at radius 2 is 2.04 bits per heavy atom. The zero-order valence-corrected chi connectivity index (χ0v) is 13.7. The molecule has 0 aliphatic heterocycles. The van der Waals surface area contributed by atoms with E-state index in [1.54, 1.807) is 6.07 Å². The standard InChI is InChI=1S/C19H14N4O3/c24-19(25)16-8-12(5-6-20-16)18-22-15-7-11(1-4-17(15)26-18)13-9-21-23(10-13)14-2-3-14/h1,4-10,14H,2-3H2,(H,24,25). The summed E-state index contributed by atoms with van der Waals surface area (Å²) >= 11 is 0. The molecule has 128 valence electrons. The molecule has 1 fully saturated rings. The normalized spacial score (nSPS) is 14.0. The van der Waals surface area contributed by atoms with Gasteiger partial charge in [0.15, 0.2) is 5.58 Å². The Labute approximate surface area is 147 Å². The van der Waals surface area contributed by atoms with Gasteiger partial charge in [0, 0.05) is 23.5 Å². The molecular weight excluding hydrogens is 332 g/mol. The summed E-state index contributed by atoms with van der Waals surface area (Å²) in [7, 11) is 0. The van der Waals surface area contributed by atoms with Crippen LogP contribution in [0, 0.1) is 0 Å². The van der Waals surface area contributed by atoms with Gasteiger partial charge in [-0.05, 0) is 42.7 Å². The van der Waals surface area contributed by atoms with Crippen LogP contribution in [0.3, 0.4) is 0 Å². The van der Waals surface area contributed by atoms with E-state index in [-0.39, 0.29) is 5.69 Å². The monoisotopic (exact) mass is 346 g/mol. The Bertz CT molecular complexity index is 1140. The number of aromatic carboxylic acids is 1. The first-order valence-corrected chi connectivity index (χ1v) is 8.32. The molecule has 4 aromatic rings. The smallest absolute Gasteiger partial charge is 0.354 e. The van der Waals surface area contributed by atoms with Crippen LogP contribution >= 0.6 is 0 Å². The fourth-order valence-electron chi connectivity index (χ4n) is 2.94. The van der Waals surface area contributed by atoms with Gasteiger partial charge < -0.3 is 9.52 Å². The van der Waals surface area contributed by atoms with E-state index in [4.69, 9.17) is 9.52 Å². The van der Waals surface area contributed by atoms with Crippen molar-refractivity contribution in [3.8, 4) is 22.6 Å². The van der Waals surface area contributed by atoms with Crippen molar-refractivity contribution < 1.29 is 14.3 Å². The van der Waals surface area contributed by atoms with Gasteiger partial charge in [-0.25, -0.2) is 14.8 Å². The number of pyridine rings is 1. The molecule has 0 saturated heterocycles. The zero-order valence-electron chi connectivity index (χ0n) is 13.7. The third-order valence-electron chi connectivity index (χ3n) is 4.47. The van der Waals surface area contributed by atoms with Gasteiger partial charge >= 0.3 is 5.97 Å². The van der Waals surface area contributed by atoms with Crippen molar-refractivity contribution >= 4 is 17.1 Å². The number of fused-ring (bicyclic) bond motifs is 1. The molecule has 1 N–H and O–H groups in total. The fourth-order valence-corrected chi connectivity index (χ4v) is 2.94. The van der Waals surface area contributed by atoms with Crippen LogP contribution in [0.15, 0.2) is 53.3 Å². The van der Waals surface area contributed by atoms with Gasteiger partial charge in [-0.3, -0.25) is 4.68 Å². The van der Waals surface area contributed by atoms with Crippen LogP contribution in [0.4, 0.5) is 0 Å². The number of carbonyl (C=O) groups is 1. The summed E-state index contributed by atoms with van der Waals surface area (Å²) < 4.78 is 7.79. The Hall–Kier alpha value is -3.48. The highest BCUT2D eigenvalue weighted by atomic mass is 16.4. The Morgan fingerprint density at radius 1 is 1.15 bits per heavy atom. The fraction of sp³-hybridized carbons (Fsp3) is 0.158. The molecule has 0 bridgehead atoms. The maximum atomic E-state index is 11.1. The molecule has 0 radical (unpaired) electrons. The summed E-state index contributed by atoms with van der Waals surface area (Å²) in [6.07, 6.45) is 7.74. The molecule has 3 heterocycles. The average molecular weight is 346 g/mol. The lowest BCUT2D eigenvalue weighted by atomic mass is 10.1. The van der Waals surface area contributed by atoms with Crippen molar-refractivity contribution in [3.05, 3.63) is 54.6 Å². The molecule has 1 saturated carbocycles. The molecule has 1 aliphatic carbocycles. The number of carboxylic acid groups (broad SMARTS) is 1. The lowest BCUT2D eigenvalue weighted by Crippen LogP contribution is -1.99. The predicted molar refractivity (Wildman–Crippen MR) is 93.7 cm³/mol. The minimum absolute atomic E-state index is 0.0436. The van der Waals surface area contributed by atoms with E-state index >= 15 is 0 Å². The number of carboxylic acids is 1. The van der Waals surface area contributed by atoms with Gasteiger partial charge in [0.2, 0.25) is 5.89 Å². The van der Waals surface area contributed by atoms with Crippen molar-refractivity contribution in [3.63, 3.8) is 0 Å². The van der Waals surface area contributed by atoms with Gasteiger partial charge in [-0.1, -0.05) is 6.07 Å². The molecule has 0 amide bonds. The lowest BCUT2D eigenvalue weighted by molar-refractivity contribution is 0.0690. The first-order chi connectivity index (χ1) is 12.7. The van der Waals surface area contributed by atoms with Crippen LogP contribution in [0.25, 0.3) is 33.7 Å². The maximum Gasteiger partial charge on any atom is 0.354 e. The maximum absolute atomic E-state index is 11.1. The quantitative estimate of drug-likeness (QED) is 0.604. The summed E-state index contributed by atoms with van der Waals surface area (Å²) in [6.45, 7) is 0. The van der Waals surface area contributed by atoms with E-state index in [1.165, 1.54) is 25.1 Å². The summed E-state index contributed by atoms with van der Waals surface area (Å²) in [5.74, 6) is -0.714. The molecule has 1 aromatic carbocycles. The molecule has 26 heavy (non-hydrogen) atoms. The van der Waals surface area contributed by atoms with E-state index in [9.17, 15) is 4.79 Å². The first kappa shape index (κ1) is 14.8. The Morgan fingerprint density at radius 3 is 2.85 bits per heavy atom. The highest BCUT2D eigenvalue weighted by Crippen LogP contribution is 2.35. The second kappa shape index (κ2) is 5.52. The number of nitrogens with zero attached hydrogens (tertiary/aromatic N) is 4. The van der Waals surface area contributed by atoms with Crippen molar-refractivity contribution in [2.45, 2.75) is 18.9 Å². The Kier molecular flexibility index (Phi) is 3.15. The van der Waals surface area contributed by atoms with E-state index < -0.39 is 5.97 Å². The van der Waals surface area contributed by atoms with Gasteiger partial charge in [0.05, 0.1) is 12.2 Å². The third-order valence-corrected chi connectivity index (χ3v) is 4.47. The molecule has 0 atom stereocenters. The topological polar surface area (TPSA) is 94.0 Å². The van der Waals surface area contributed by atoms with Crippen molar-refractivity contribution in [1.29, 1.82) is 0 Å². The van der Waals surface area contributed by atoms with Gasteiger partial charge in [0.1, 0.15) is 11.2 Å². The summed E-state index contributed by atoms with van der Waals surface area (Å²) in [6, 6.07) is 9.47. The highest BCUT2D eigenvalue weighted by Gasteiger charge is 2.24. The van der Waals surface area contributed by atoms with Crippen molar-refractivity contribution in [2.24, 2.45) is 0 Å². The average Bonchev–Trinajstić information content (AvgIpc) is 3.23. The molecule has 1 aliphatic rings. The number of benzene rings is 1. The Balaban J connectivity index is 1.53. The minimum Gasteiger partial charge on any atom is -0.477 e. The van der Waals surface area contributed by atoms with Gasteiger partial charge in [0.25, 0.3) is 0 Å². The van der Waals surface area contributed by atoms with Crippen LogP contribution in [0.2, 0.25) is 0 Å². The number of oxazole rings is 1. The summed E-state index contributed by atoms with van der Waals surface area (Å²) in [4.78, 5) is 19.4. The van der Waals surface area contributed by atoms with E-state index in [2.05, 4.69) is 21.3 Å². The summed E-state index contributed by atoms with van der Waals surface area (Å²) in [5.41, 5.74) is 3.96. The molecule has 7 nitrogen and oxygen atoms in total. The van der Waals surface area contributed by atoms with Crippen LogP contribution in [0.1, 0.15) is 29.4 Å². The minimum atomic E-state index is -1.09. The first-order valence-electron chi connectivity index (χ1n) is 8.32. The van der Waals surface area contributed by atoms with Crippen LogP contribution in [-0.4, -0.2) is 30.8 Å². The second-order valence-electron chi connectivity index (χ2n) is 6.38. The van der Waals surface area contributed by atoms with Gasteiger partial charge in [-0.15, -0.1) is 0 Å². The van der Waals surface area contributed by atoms with E-state index in [0.29, 0.717) is 28.6 Å². The molecule has 5 rings (SSSR count). The molecule has 0 unspecified atom stereocenters. The zero-order chi connectivity index (χ0) is 17.7. The molecular formula is C19H14N4O3. The third kappa shape index (κ3) is 2.54. The van der Waals surface area contributed by atoms with Crippen molar-refractivity contribution in [1.82, 2.24) is 19.7 Å². The highest BCUT2D eigenvalue weighted by molar-refractivity contribution is 5.87. The number of hydrogen-bond acceptors (Lipinski definition) is 5. The SMILES string of the molecule is O=C(O)c1cc(-c2nc3cc(-c4cnn(C5CC5)c4)ccc3o2)ccn1. The predicted octanol–water partition coefficient (Wildman–Crippen LogP) is 3.79. The lowest BCUT2D eigenvalue weighted by Gasteiger charge is -1.96. The summed E-state index contributed by atoms with van der Waals surface area (Å²) in [5, 5.41) is 13.5. The number of aromatic nitrogens is 4. The molecule has 0 spiro atoms. The second-order valence-corrected chi connectivity index (χ2v) is 6.38. The number of hydrogen-bond donors (Lipinski definition) is 1. The van der Waals surface area contributed by atoms with E-state index in [1.807, 2.05) is 29.1 Å². The largest absolute Gasteiger partial charge is 0.477 e. The van der Waals surface area contributed by atoms with Crippen LogP contribution in [-0.2, 0) is 0 Å². The molecule has 7 heteroatoms. The van der Waals surface area contributed by atoms with Gasteiger partial charge in [-0.2, -0.15) is 5.10 Å². The van der Waals surface area contributed by atoms with Crippen LogP contribution in [0.5, 0.6) is 0 Å². The van der Waals surface area contributed by atoms with Crippen molar-refractivity contribution in [2.75, 3.05) is 0 Å². The molecule has 3 aromatic heterocycles.